The zero-order chi connectivity index (χ0) is 11.0. The van der Waals surface area contributed by atoms with Gasteiger partial charge in [-0.15, -0.1) is 0 Å². The number of carbonyl (C=O) groups is 1. The number of benzene rings is 1. The number of carbonyl (C=O) groups excluding carboxylic acids is 1. The molecule has 1 aromatic carbocycles. The summed E-state index contributed by atoms with van der Waals surface area (Å²) >= 11 is 0. The normalized spacial score (nSPS) is 19.9. The van der Waals surface area contributed by atoms with Crippen LogP contribution < -0.4 is 10.6 Å². The minimum atomic E-state index is -0.885. The first kappa shape index (κ1) is 9.89. The molecule has 2 amide bonds. The largest absolute Gasteiger partial charge is 0.336 e. The molecule has 0 aromatic heterocycles. The van der Waals surface area contributed by atoms with Crippen LogP contribution in [0.2, 0.25) is 0 Å². The minimum absolute atomic E-state index is 0.177. The first-order valence-corrected chi connectivity index (χ1v) is 4.58. The highest BCUT2D eigenvalue weighted by Gasteiger charge is 2.25. The number of urea groups is 1. The Bertz CT molecular complexity index is 420. The number of halogens is 2. The van der Waals surface area contributed by atoms with Gasteiger partial charge in [-0.2, -0.15) is 0 Å². The number of rotatable bonds is 1. The maximum Gasteiger partial charge on any atom is 0.315 e. The summed E-state index contributed by atoms with van der Waals surface area (Å²) in [5, 5.41) is 4.99. The van der Waals surface area contributed by atoms with Crippen molar-refractivity contribution in [3.63, 3.8) is 0 Å². The summed E-state index contributed by atoms with van der Waals surface area (Å²) in [6.45, 7) is 1.77. The van der Waals surface area contributed by atoms with E-state index in [1.165, 1.54) is 19.1 Å². The van der Waals surface area contributed by atoms with Gasteiger partial charge in [0.2, 0.25) is 0 Å². The molecule has 1 aromatic rings. The molecule has 1 heterocycles. The Labute approximate surface area is 85.5 Å². The van der Waals surface area contributed by atoms with E-state index in [2.05, 4.69) is 10.6 Å². The van der Waals surface area contributed by atoms with Gasteiger partial charge in [-0.3, -0.25) is 0 Å². The maximum absolute atomic E-state index is 13.5. The molecule has 0 bridgehead atoms. The van der Waals surface area contributed by atoms with Crippen molar-refractivity contribution >= 4 is 6.03 Å². The van der Waals surface area contributed by atoms with Crippen molar-refractivity contribution in [2.45, 2.75) is 13.0 Å². The highest BCUT2D eigenvalue weighted by atomic mass is 19.2. The molecule has 2 N–H and O–H groups in total. The van der Waals surface area contributed by atoms with Gasteiger partial charge in [0, 0.05) is 12.1 Å². The van der Waals surface area contributed by atoms with Gasteiger partial charge in [0.05, 0.1) is 6.04 Å². The molecule has 1 atom stereocenters. The Hall–Kier alpha value is -1.65. The van der Waals surface area contributed by atoms with E-state index in [1.54, 1.807) is 0 Å². The molecule has 3 nitrogen and oxygen atoms in total. The van der Waals surface area contributed by atoms with Crippen molar-refractivity contribution in [1.82, 2.24) is 10.6 Å². The summed E-state index contributed by atoms with van der Waals surface area (Å²) in [4.78, 5) is 10.9. The van der Waals surface area contributed by atoms with Gasteiger partial charge in [-0.25, -0.2) is 13.6 Å². The van der Waals surface area contributed by atoms with E-state index < -0.39 is 17.7 Å². The van der Waals surface area contributed by atoms with E-state index >= 15 is 0 Å². The second-order valence-electron chi connectivity index (χ2n) is 3.51. The van der Waals surface area contributed by atoms with Crippen LogP contribution in [-0.2, 0) is 0 Å². The highest BCUT2D eigenvalue weighted by Crippen LogP contribution is 2.22. The molecule has 1 aliphatic heterocycles. The van der Waals surface area contributed by atoms with Crippen molar-refractivity contribution in [3.8, 4) is 0 Å². The summed E-state index contributed by atoms with van der Waals surface area (Å²) in [6.07, 6.45) is 0. The zero-order valence-electron chi connectivity index (χ0n) is 8.10. The van der Waals surface area contributed by atoms with Crippen molar-refractivity contribution in [2.24, 2.45) is 0 Å². The average molecular weight is 212 g/mol. The van der Waals surface area contributed by atoms with E-state index in [4.69, 9.17) is 0 Å². The van der Waals surface area contributed by atoms with E-state index in [1.807, 2.05) is 0 Å². The summed E-state index contributed by atoms with van der Waals surface area (Å²) in [6, 6.07) is 2.14. The van der Waals surface area contributed by atoms with Gasteiger partial charge in [0.25, 0.3) is 0 Å². The van der Waals surface area contributed by atoms with Crippen molar-refractivity contribution in [2.75, 3.05) is 6.54 Å². The van der Waals surface area contributed by atoms with E-state index in [-0.39, 0.29) is 23.7 Å². The van der Waals surface area contributed by atoms with Crippen LogP contribution in [0, 0.1) is 18.6 Å². The van der Waals surface area contributed by atoms with Crippen LogP contribution in [0.25, 0.3) is 0 Å². The standard InChI is InChI=1S/C10H10F2N2O/c1-5-2-3-6(9(12)8(5)11)7-4-13-10(15)14-7/h2-3,7H,4H2,1H3,(H2,13,14,15)/t7-/m0/s1. The van der Waals surface area contributed by atoms with Crippen LogP contribution in [0.5, 0.6) is 0 Å². The van der Waals surface area contributed by atoms with Gasteiger partial charge in [-0.1, -0.05) is 12.1 Å². The Morgan fingerprint density at radius 3 is 2.67 bits per heavy atom. The molecule has 80 valence electrons. The van der Waals surface area contributed by atoms with Gasteiger partial charge in [-0.05, 0) is 12.5 Å². The Balaban J connectivity index is 2.37. The van der Waals surface area contributed by atoms with Crippen molar-refractivity contribution < 1.29 is 13.6 Å². The fourth-order valence-electron chi connectivity index (χ4n) is 1.57. The van der Waals surface area contributed by atoms with Crippen LogP contribution in [0.4, 0.5) is 13.6 Å². The lowest BCUT2D eigenvalue weighted by atomic mass is 10.0. The Morgan fingerprint density at radius 2 is 2.07 bits per heavy atom. The predicted octanol–water partition coefficient (Wildman–Crippen LogP) is 1.63. The first-order valence-electron chi connectivity index (χ1n) is 4.58. The number of nitrogens with one attached hydrogen (secondary N) is 2. The lowest BCUT2D eigenvalue weighted by Crippen LogP contribution is -2.22. The van der Waals surface area contributed by atoms with Gasteiger partial charge in [0.15, 0.2) is 11.6 Å². The van der Waals surface area contributed by atoms with Crippen LogP contribution in [0.3, 0.4) is 0 Å². The number of hydrogen-bond acceptors (Lipinski definition) is 1. The van der Waals surface area contributed by atoms with Crippen molar-refractivity contribution in [1.29, 1.82) is 0 Å². The molecule has 1 saturated heterocycles. The minimum Gasteiger partial charge on any atom is -0.336 e. The molecule has 2 rings (SSSR count). The van der Waals surface area contributed by atoms with E-state index in [0.717, 1.165) is 0 Å². The third kappa shape index (κ3) is 1.65. The molecule has 1 fully saturated rings. The molecular formula is C10H10F2N2O. The molecule has 1 aliphatic rings. The quantitative estimate of drug-likeness (QED) is 0.729. The predicted molar refractivity (Wildman–Crippen MR) is 50.4 cm³/mol. The lowest BCUT2D eigenvalue weighted by molar-refractivity contribution is 0.247. The van der Waals surface area contributed by atoms with Gasteiger partial charge >= 0.3 is 6.03 Å². The first-order chi connectivity index (χ1) is 7.09. The molecule has 0 radical (unpaired) electrons. The molecule has 0 aliphatic carbocycles. The van der Waals surface area contributed by atoms with Crippen molar-refractivity contribution in [3.05, 3.63) is 34.9 Å². The topological polar surface area (TPSA) is 41.1 Å². The van der Waals surface area contributed by atoms with Gasteiger partial charge in [0.1, 0.15) is 0 Å². The highest BCUT2D eigenvalue weighted by molar-refractivity contribution is 5.76. The number of aryl methyl sites for hydroxylation is 1. The molecule has 5 heteroatoms. The Morgan fingerprint density at radius 1 is 1.33 bits per heavy atom. The second-order valence-corrected chi connectivity index (χ2v) is 3.51. The summed E-state index contributed by atoms with van der Waals surface area (Å²) in [7, 11) is 0. The lowest BCUT2D eigenvalue weighted by Gasteiger charge is -2.11. The molecular weight excluding hydrogens is 202 g/mol. The van der Waals surface area contributed by atoms with Crippen LogP contribution >= 0.6 is 0 Å². The fraction of sp³-hybridized carbons (Fsp3) is 0.300. The third-order valence-corrected chi connectivity index (χ3v) is 2.45. The smallest absolute Gasteiger partial charge is 0.315 e. The molecule has 0 saturated carbocycles. The molecule has 0 spiro atoms. The molecule has 15 heavy (non-hydrogen) atoms. The van der Waals surface area contributed by atoms with E-state index in [0.29, 0.717) is 0 Å². The number of amides is 2. The van der Waals surface area contributed by atoms with Crippen LogP contribution in [0.15, 0.2) is 12.1 Å². The maximum atomic E-state index is 13.5. The number of hydrogen-bond donors (Lipinski definition) is 2. The molecule has 0 unspecified atom stereocenters. The zero-order valence-corrected chi connectivity index (χ0v) is 8.10. The summed E-state index contributed by atoms with van der Waals surface area (Å²) in [5.41, 5.74) is 0.435. The SMILES string of the molecule is Cc1ccc([C@@H]2CNC(=O)N2)c(F)c1F. The third-order valence-electron chi connectivity index (χ3n) is 2.45. The summed E-state index contributed by atoms with van der Waals surface area (Å²) in [5.74, 6) is -1.74. The van der Waals surface area contributed by atoms with Gasteiger partial charge < -0.3 is 10.6 Å². The average Bonchev–Trinajstić information content (AvgIpc) is 2.61. The van der Waals surface area contributed by atoms with E-state index in [9.17, 15) is 13.6 Å². The second kappa shape index (κ2) is 3.49. The fourth-order valence-corrected chi connectivity index (χ4v) is 1.57. The monoisotopic (exact) mass is 212 g/mol. The summed E-state index contributed by atoms with van der Waals surface area (Å²) < 4.78 is 26.7. The van der Waals surface area contributed by atoms with Crippen LogP contribution in [-0.4, -0.2) is 12.6 Å². The van der Waals surface area contributed by atoms with Crippen LogP contribution in [0.1, 0.15) is 17.2 Å². The Kier molecular flexibility index (Phi) is 2.30.